The van der Waals surface area contributed by atoms with Gasteiger partial charge in [-0.25, -0.2) is 4.79 Å². The highest BCUT2D eigenvalue weighted by Crippen LogP contribution is 2.31. The van der Waals surface area contributed by atoms with E-state index >= 15 is 0 Å². The Bertz CT molecular complexity index is 1030. The SMILES string of the molecule is C=CCn1c(SCc2ccc(C(=O)O)cc2)nnc1-c1ccccc1[N+](=O)[O-]. The average molecular weight is 396 g/mol. The summed E-state index contributed by atoms with van der Waals surface area (Å²) in [6.45, 7) is 4.14. The van der Waals surface area contributed by atoms with Crippen LogP contribution in [0, 0.1) is 10.1 Å². The first kappa shape index (κ1) is 19.3. The maximum Gasteiger partial charge on any atom is 0.335 e. The number of aromatic carboxylic acids is 1. The number of carboxylic acids is 1. The molecule has 9 heteroatoms. The number of nitro benzene ring substituents is 1. The fraction of sp³-hybridized carbons (Fsp3) is 0.105. The summed E-state index contributed by atoms with van der Waals surface area (Å²) >= 11 is 1.41. The van der Waals surface area contributed by atoms with Crippen molar-refractivity contribution < 1.29 is 14.8 Å². The predicted molar refractivity (Wildman–Crippen MR) is 105 cm³/mol. The van der Waals surface area contributed by atoms with Crippen molar-refractivity contribution in [3.8, 4) is 11.4 Å². The standard InChI is InChI=1S/C19H16N4O4S/c1-2-11-22-17(15-5-3-4-6-16(15)23(26)27)20-21-19(22)28-12-13-7-9-14(10-8-13)18(24)25/h2-10H,1,11-12H2,(H,24,25). The molecule has 142 valence electrons. The van der Waals surface area contributed by atoms with Crippen molar-refractivity contribution in [2.24, 2.45) is 0 Å². The summed E-state index contributed by atoms with van der Waals surface area (Å²) in [4.78, 5) is 21.8. The molecule has 0 saturated heterocycles. The van der Waals surface area contributed by atoms with Crippen molar-refractivity contribution in [2.45, 2.75) is 17.5 Å². The number of carboxylic acid groups (broad SMARTS) is 1. The monoisotopic (exact) mass is 396 g/mol. The van der Waals surface area contributed by atoms with Crippen LogP contribution < -0.4 is 0 Å². The Morgan fingerprint density at radius 2 is 1.93 bits per heavy atom. The molecule has 0 aliphatic rings. The van der Waals surface area contributed by atoms with Gasteiger partial charge in [-0.15, -0.1) is 16.8 Å². The smallest absolute Gasteiger partial charge is 0.335 e. The number of aromatic nitrogens is 3. The van der Waals surface area contributed by atoms with Crippen LogP contribution in [-0.2, 0) is 12.3 Å². The zero-order chi connectivity index (χ0) is 20.1. The van der Waals surface area contributed by atoms with Gasteiger partial charge >= 0.3 is 5.97 Å². The predicted octanol–water partition coefficient (Wildman–Crippen LogP) is 4.03. The molecule has 8 nitrogen and oxygen atoms in total. The van der Waals surface area contributed by atoms with E-state index in [4.69, 9.17) is 5.11 Å². The fourth-order valence-electron chi connectivity index (χ4n) is 2.60. The van der Waals surface area contributed by atoms with Gasteiger partial charge in [-0.05, 0) is 23.8 Å². The van der Waals surface area contributed by atoms with Gasteiger partial charge in [-0.3, -0.25) is 14.7 Å². The van der Waals surface area contributed by atoms with Gasteiger partial charge < -0.3 is 5.11 Å². The first-order valence-electron chi connectivity index (χ1n) is 8.24. The minimum Gasteiger partial charge on any atom is -0.478 e. The number of nitrogens with zero attached hydrogens (tertiary/aromatic N) is 4. The highest BCUT2D eigenvalue weighted by atomic mass is 32.2. The van der Waals surface area contributed by atoms with Crippen LogP contribution in [0.25, 0.3) is 11.4 Å². The number of hydrogen-bond donors (Lipinski definition) is 1. The summed E-state index contributed by atoms with van der Waals surface area (Å²) in [6.07, 6.45) is 1.67. The zero-order valence-corrected chi connectivity index (χ0v) is 15.5. The van der Waals surface area contributed by atoms with E-state index in [-0.39, 0.29) is 11.3 Å². The van der Waals surface area contributed by atoms with Crippen molar-refractivity contribution in [3.05, 3.63) is 82.4 Å². The van der Waals surface area contributed by atoms with Crippen LogP contribution in [0.2, 0.25) is 0 Å². The molecule has 0 aliphatic carbocycles. The van der Waals surface area contributed by atoms with Crippen LogP contribution in [0.3, 0.4) is 0 Å². The van der Waals surface area contributed by atoms with E-state index in [1.807, 2.05) is 0 Å². The quantitative estimate of drug-likeness (QED) is 0.265. The van der Waals surface area contributed by atoms with Crippen LogP contribution in [0.4, 0.5) is 5.69 Å². The number of hydrogen-bond acceptors (Lipinski definition) is 6. The lowest BCUT2D eigenvalue weighted by molar-refractivity contribution is -0.384. The van der Waals surface area contributed by atoms with Crippen molar-refractivity contribution >= 4 is 23.4 Å². The number of carbonyl (C=O) groups is 1. The number of allylic oxidation sites excluding steroid dienone is 1. The lowest BCUT2D eigenvalue weighted by Crippen LogP contribution is -2.02. The summed E-state index contributed by atoms with van der Waals surface area (Å²) in [7, 11) is 0. The van der Waals surface area contributed by atoms with E-state index in [0.717, 1.165) is 5.56 Å². The molecule has 0 spiro atoms. The van der Waals surface area contributed by atoms with Crippen molar-refractivity contribution in [3.63, 3.8) is 0 Å². The molecule has 2 aromatic carbocycles. The topological polar surface area (TPSA) is 111 Å². The number of thioether (sulfide) groups is 1. The van der Waals surface area contributed by atoms with E-state index in [1.54, 1.807) is 53.1 Å². The van der Waals surface area contributed by atoms with Crippen molar-refractivity contribution in [1.29, 1.82) is 0 Å². The zero-order valence-electron chi connectivity index (χ0n) is 14.7. The summed E-state index contributed by atoms with van der Waals surface area (Å²) < 4.78 is 1.77. The van der Waals surface area contributed by atoms with E-state index < -0.39 is 10.9 Å². The van der Waals surface area contributed by atoms with Crippen LogP contribution in [0.1, 0.15) is 15.9 Å². The maximum atomic E-state index is 11.3. The third-order valence-corrected chi connectivity index (χ3v) is 4.98. The molecule has 0 bridgehead atoms. The Balaban J connectivity index is 1.88. The minimum atomic E-state index is -0.973. The molecule has 0 atom stereocenters. The normalized spacial score (nSPS) is 10.6. The first-order chi connectivity index (χ1) is 13.5. The van der Waals surface area contributed by atoms with E-state index in [2.05, 4.69) is 16.8 Å². The Morgan fingerprint density at radius 3 is 2.57 bits per heavy atom. The van der Waals surface area contributed by atoms with Crippen LogP contribution in [0.15, 0.2) is 66.3 Å². The van der Waals surface area contributed by atoms with Gasteiger partial charge in [0, 0.05) is 18.4 Å². The molecule has 0 saturated carbocycles. The van der Waals surface area contributed by atoms with Gasteiger partial charge in [0.2, 0.25) is 0 Å². The molecule has 0 fully saturated rings. The Labute approximate surface area is 164 Å². The Hall–Kier alpha value is -3.46. The third kappa shape index (κ3) is 4.09. The van der Waals surface area contributed by atoms with Gasteiger partial charge in [0.05, 0.1) is 16.1 Å². The summed E-state index contributed by atoms with van der Waals surface area (Å²) in [5, 5.41) is 29.2. The lowest BCUT2D eigenvalue weighted by Gasteiger charge is -2.08. The number of benzene rings is 2. The fourth-order valence-corrected chi connectivity index (χ4v) is 3.51. The Morgan fingerprint density at radius 1 is 1.21 bits per heavy atom. The largest absolute Gasteiger partial charge is 0.478 e. The van der Waals surface area contributed by atoms with Gasteiger partial charge in [-0.2, -0.15) is 0 Å². The van der Waals surface area contributed by atoms with Gasteiger partial charge in [-0.1, -0.05) is 42.1 Å². The van der Waals surface area contributed by atoms with Gasteiger partial charge in [0.1, 0.15) is 0 Å². The molecule has 1 aromatic heterocycles. The second kappa shape index (κ2) is 8.49. The molecule has 0 radical (unpaired) electrons. The molecule has 1 heterocycles. The molecule has 3 rings (SSSR count). The van der Waals surface area contributed by atoms with Crippen LogP contribution in [0.5, 0.6) is 0 Å². The van der Waals surface area contributed by atoms with Crippen molar-refractivity contribution in [1.82, 2.24) is 14.8 Å². The van der Waals surface area contributed by atoms with E-state index in [0.29, 0.717) is 28.8 Å². The number of rotatable bonds is 8. The molecule has 0 aliphatic heterocycles. The van der Waals surface area contributed by atoms with Crippen LogP contribution >= 0.6 is 11.8 Å². The molecule has 3 aromatic rings. The number of nitro groups is 1. The Kier molecular flexibility index (Phi) is 5.85. The molecular weight excluding hydrogens is 380 g/mol. The second-order valence-corrected chi connectivity index (χ2v) is 6.71. The third-order valence-electron chi connectivity index (χ3n) is 3.94. The molecule has 1 N–H and O–H groups in total. The van der Waals surface area contributed by atoms with Crippen LogP contribution in [-0.4, -0.2) is 30.8 Å². The molecule has 28 heavy (non-hydrogen) atoms. The molecule has 0 unspecified atom stereocenters. The molecule has 0 amide bonds. The maximum absolute atomic E-state index is 11.3. The van der Waals surface area contributed by atoms with E-state index in [9.17, 15) is 14.9 Å². The summed E-state index contributed by atoms with van der Waals surface area (Å²) in [6, 6.07) is 13.0. The summed E-state index contributed by atoms with van der Waals surface area (Å²) in [5.41, 5.74) is 1.50. The minimum absolute atomic E-state index is 0.0407. The van der Waals surface area contributed by atoms with Gasteiger partial charge in [0.15, 0.2) is 11.0 Å². The first-order valence-corrected chi connectivity index (χ1v) is 9.22. The lowest BCUT2D eigenvalue weighted by atomic mass is 10.1. The van der Waals surface area contributed by atoms with Crippen molar-refractivity contribution in [2.75, 3.05) is 0 Å². The number of para-hydroxylation sites is 1. The highest BCUT2D eigenvalue weighted by molar-refractivity contribution is 7.98. The molecular formula is C19H16N4O4S. The summed E-state index contributed by atoms with van der Waals surface area (Å²) in [5.74, 6) is -0.0264. The highest BCUT2D eigenvalue weighted by Gasteiger charge is 2.21. The van der Waals surface area contributed by atoms with E-state index in [1.165, 1.54) is 17.8 Å². The average Bonchev–Trinajstić information content (AvgIpc) is 3.09. The second-order valence-electron chi connectivity index (χ2n) is 5.77. The van der Waals surface area contributed by atoms with Gasteiger partial charge in [0.25, 0.3) is 5.69 Å².